The van der Waals surface area contributed by atoms with Crippen LogP contribution in [0.3, 0.4) is 0 Å². The first-order valence-electron chi connectivity index (χ1n) is 5.50. The molecule has 0 radical (unpaired) electrons. The Morgan fingerprint density at radius 3 is 2.19 bits per heavy atom. The molecule has 16 heavy (non-hydrogen) atoms. The number of amides is 2. The molecular weight excluding hydrogens is 206 g/mol. The van der Waals surface area contributed by atoms with Crippen LogP contribution in [0.4, 0.5) is 0 Å². The fourth-order valence-corrected chi connectivity index (χ4v) is 1.52. The third kappa shape index (κ3) is 6.40. The van der Waals surface area contributed by atoms with Crippen LogP contribution in [0.1, 0.15) is 40.5 Å². The monoisotopic (exact) mass is 229 g/mol. The summed E-state index contributed by atoms with van der Waals surface area (Å²) in [6.07, 6.45) is 0.728. The molecule has 0 aliphatic rings. The second-order valence-electron chi connectivity index (χ2n) is 5.25. The smallest absolute Gasteiger partial charge is 0.237 e. The Morgan fingerprint density at radius 1 is 1.31 bits per heavy atom. The Balaban J connectivity index is 4.26. The van der Waals surface area contributed by atoms with E-state index in [2.05, 4.69) is 5.32 Å². The summed E-state index contributed by atoms with van der Waals surface area (Å²) in [7, 11) is 0. The summed E-state index contributed by atoms with van der Waals surface area (Å²) in [5.74, 6) is -0.317. The van der Waals surface area contributed by atoms with Crippen molar-refractivity contribution in [2.24, 2.45) is 17.4 Å². The molecule has 1 atom stereocenters. The van der Waals surface area contributed by atoms with Crippen LogP contribution in [0.5, 0.6) is 0 Å². The SMILES string of the molecule is CC(C)C[C@H](N)C(=O)NC(C)(C)CC(N)=O. The fraction of sp³-hybridized carbons (Fsp3) is 0.818. The van der Waals surface area contributed by atoms with Gasteiger partial charge in [-0.3, -0.25) is 9.59 Å². The molecular formula is C11H23N3O2. The molecule has 0 aromatic rings. The molecule has 0 spiro atoms. The van der Waals surface area contributed by atoms with Crippen molar-refractivity contribution in [2.45, 2.75) is 52.1 Å². The maximum atomic E-state index is 11.7. The molecule has 0 saturated heterocycles. The van der Waals surface area contributed by atoms with Crippen LogP contribution in [-0.2, 0) is 9.59 Å². The minimum Gasteiger partial charge on any atom is -0.370 e. The molecule has 0 heterocycles. The van der Waals surface area contributed by atoms with Crippen molar-refractivity contribution < 1.29 is 9.59 Å². The standard InChI is InChI=1S/C11H23N3O2/c1-7(2)5-8(12)10(16)14-11(3,4)6-9(13)15/h7-8H,5-6,12H2,1-4H3,(H2,13,15)(H,14,16)/t8-/m0/s1. The summed E-state index contributed by atoms with van der Waals surface area (Å²) in [4.78, 5) is 22.5. The Labute approximate surface area is 96.9 Å². The Morgan fingerprint density at radius 2 is 1.81 bits per heavy atom. The quantitative estimate of drug-likeness (QED) is 0.603. The maximum absolute atomic E-state index is 11.7. The van der Waals surface area contributed by atoms with E-state index in [1.165, 1.54) is 0 Å². The number of carbonyl (C=O) groups is 2. The number of rotatable bonds is 6. The van der Waals surface area contributed by atoms with Gasteiger partial charge in [-0.25, -0.2) is 0 Å². The molecule has 0 aromatic heterocycles. The lowest BCUT2D eigenvalue weighted by Crippen LogP contribution is -2.52. The van der Waals surface area contributed by atoms with Gasteiger partial charge in [-0.2, -0.15) is 0 Å². The van der Waals surface area contributed by atoms with Gasteiger partial charge in [0, 0.05) is 12.0 Å². The average molecular weight is 229 g/mol. The van der Waals surface area contributed by atoms with Gasteiger partial charge in [-0.15, -0.1) is 0 Å². The first-order chi connectivity index (χ1) is 7.14. The maximum Gasteiger partial charge on any atom is 0.237 e. The second kappa shape index (κ2) is 5.84. The van der Waals surface area contributed by atoms with Gasteiger partial charge in [-0.05, 0) is 26.2 Å². The van der Waals surface area contributed by atoms with Gasteiger partial charge < -0.3 is 16.8 Å². The predicted octanol–water partition coefficient (Wildman–Crippen LogP) is 0.130. The lowest BCUT2D eigenvalue weighted by Gasteiger charge is -2.27. The molecule has 0 aliphatic heterocycles. The Hall–Kier alpha value is -1.10. The van der Waals surface area contributed by atoms with Gasteiger partial charge >= 0.3 is 0 Å². The number of primary amides is 1. The van der Waals surface area contributed by atoms with E-state index in [1.54, 1.807) is 13.8 Å². The zero-order valence-corrected chi connectivity index (χ0v) is 10.5. The number of nitrogens with one attached hydrogen (secondary N) is 1. The highest BCUT2D eigenvalue weighted by Gasteiger charge is 2.25. The first kappa shape index (κ1) is 14.9. The average Bonchev–Trinajstić information content (AvgIpc) is 1.98. The molecule has 0 aliphatic carbocycles. The molecule has 5 nitrogen and oxygen atoms in total. The van der Waals surface area contributed by atoms with E-state index < -0.39 is 17.5 Å². The summed E-state index contributed by atoms with van der Waals surface area (Å²) < 4.78 is 0. The molecule has 0 saturated carbocycles. The molecule has 2 amide bonds. The molecule has 5 N–H and O–H groups in total. The molecule has 0 unspecified atom stereocenters. The van der Waals surface area contributed by atoms with Crippen LogP contribution in [0.15, 0.2) is 0 Å². The highest BCUT2D eigenvalue weighted by atomic mass is 16.2. The normalized spacial score (nSPS) is 13.6. The molecule has 94 valence electrons. The van der Waals surface area contributed by atoms with E-state index in [1.807, 2.05) is 13.8 Å². The van der Waals surface area contributed by atoms with E-state index in [0.717, 1.165) is 0 Å². The van der Waals surface area contributed by atoms with Crippen LogP contribution in [-0.4, -0.2) is 23.4 Å². The lowest BCUT2D eigenvalue weighted by atomic mass is 9.98. The minimum absolute atomic E-state index is 0.104. The van der Waals surface area contributed by atoms with Crippen molar-refractivity contribution in [3.05, 3.63) is 0 Å². The van der Waals surface area contributed by atoms with Gasteiger partial charge in [0.05, 0.1) is 6.04 Å². The van der Waals surface area contributed by atoms with Crippen LogP contribution < -0.4 is 16.8 Å². The molecule has 0 bridgehead atoms. The summed E-state index contributed by atoms with van der Waals surface area (Å²) in [6.45, 7) is 7.50. The zero-order chi connectivity index (χ0) is 12.9. The van der Waals surface area contributed by atoms with Crippen molar-refractivity contribution in [1.82, 2.24) is 5.32 Å². The first-order valence-corrected chi connectivity index (χ1v) is 5.50. The van der Waals surface area contributed by atoms with Gasteiger partial charge in [0.15, 0.2) is 0 Å². The van der Waals surface area contributed by atoms with Crippen molar-refractivity contribution in [1.29, 1.82) is 0 Å². The number of hydrogen-bond donors (Lipinski definition) is 3. The third-order valence-electron chi connectivity index (χ3n) is 2.14. The second-order valence-corrected chi connectivity index (χ2v) is 5.25. The number of carbonyl (C=O) groups excluding carboxylic acids is 2. The van der Waals surface area contributed by atoms with Crippen LogP contribution in [0, 0.1) is 5.92 Å². The molecule has 0 fully saturated rings. The number of nitrogens with two attached hydrogens (primary N) is 2. The predicted molar refractivity (Wildman–Crippen MR) is 63.5 cm³/mol. The van der Waals surface area contributed by atoms with E-state index >= 15 is 0 Å². The number of hydrogen-bond acceptors (Lipinski definition) is 3. The van der Waals surface area contributed by atoms with Crippen molar-refractivity contribution in [3.63, 3.8) is 0 Å². The minimum atomic E-state index is -0.641. The molecule has 0 aromatic carbocycles. The summed E-state index contributed by atoms with van der Waals surface area (Å²) in [5.41, 5.74) is 10.2. The fourth-order valence-electron chi connectivity index (χ4n) is 1.52. The van der Waals surface area contributed by atoms with E-state index in [0.29, 0.717) is 12.3 Å². The van der Waals surface area contributed by atoms with Crippen molar-refractivity contribution in [3.8, 4) is 0 Å². The Bertz CT molecular complexity index is 262. The van der Waals surface area contributed by atoms with E-state index in [4.69, 9.17) is 11.5 Å². The van der Waals surface area contributed by atoms with Gasteiger partial charge in [0.25, 0.3) is 0 Å². The Kier molecular flexibility index (Phi) is 5.44. The summed E-state index contributed by atoms with van der Waals surface area (Å²) in [6, 6.07) is -0.535. The van der Waals surface area contributed by atoms with Gasteiger partial charge in [0.1, 0.15) is 0 Å². The highest BCUT2D eigenvalue weighted by Crippen LogP contribution is 2.09. The van der Waals surface area contributed by atoms with Crippen LogP contribution in [0.2, 0.25) is 0 Å². The van der Waals surface area contributed by atoms with E-state index in [9.17, 15) is 9.59 Å². The van der Waals surface area contributed by atoms with Crippen LogP contribution in [0.25, 0.3) is 0 Å². The van der Waals surface area contributed by atoms with Crippen molar-refractivity contribution in [2.75, 3.05) is 0 Å². The summed E-state index contributed by atoms with van der Waals surface area (Å²) >= 11 is 0. The molecule has 0 rings (SSSR count). The highest BCUT2D eigenvalue weighted by molar-refractivity contribution is 5.83. The zero-order valence-electron chi connectivity index (χ0n) is 10.5. The van der Waals surface area contributed by atoms with Gasteiger partial charge in [0.2, 0.25) is 11.8 Å². The van der Waals surface area contributed by atoms with Crippen molar-refractivity contribution >= 4 is 11.8 Å². The largest absolute Gasteiger partial charge is 0.370 e. The van der Waals surface area contributed by atoms with E-state index in [-0.39, 0.29) is 12.3 Å². The molecule has 5 heteroatoms. The topological polar surface area (TPSA) is 98.2 Å². The van der Waals surface area contributed by atoms with Gasteiger partial charge in [-0.1, -0.05) is 13.8 Å². The summed E-state index contributed by atoms with van der Waals surface area (Å²) in [5, 5.41) is 2.73. The third-order valence-corrected chi connectivity index (χ3v) is 2.14. The van der Waals surface area contributed by atoms with Crippen LogP contribution >= 0.6 is 0 Å². The lowest BCUT2D eigenvalue weighted by molar-refractivity contribution is -0.125.